The first-order valence-corrected chi connectivity index (χ1v) is 4.99. The van der Waals surface area contributed by atoms with E-state index >= 15 is 0 Å². The molecular weight excluding hydrogens is 210 g/mol. The highest BCUT2D eigenvalue weighted by atomic mass is 16.2. The van der Waals surface area contributed by atoms with Crippen LogP contribution >= 0.6 is 0 Å². The van der Waals surface area contributed by atoms with E-state index in [1.807, 2.05) is 0 Å². The lowest BCUT2D eigenvalue weighted by molar-refractivity contribution is -0.130. The third-order valence-corrected chi connectivity index (χ3v) is 2.48. The SMILES string of the molecule is CC1(C)NC(=O)N(CCc2ncn[nH]2)C1=O. The van der Waals surface area contributed by atoms with Crippen LogP contribution in [0.3, 0.4) is 0 Å². The van der Waals surface area contributed by atoms with Gasteiger partial charge in [0.1, 0.15) is 17.7 Å². The van der Waals surface area contributed by atoms with Crippen molar-refractivity contribution in [2.75, 3.05) is 6.54 Å². The third kappa shape index (κ3) is 1.75. The van der Waals surface area contributed by atoms with Crippen molar-refractivity contribution in [3.8, 4) is 0 Å². The first kappa shape index (κ1) is 10.6. The Kier molecular flexibility index (Phi) is 2.37. The number of hydrogen-bond acceptors (Lipinski definition) is 4. The van der Waals surface area contributed by atoms with Crippen LogP contribution in [0.1, 0.15) is 19.7 Å². The molecule has 1 aliphatic heterocycles. The fraction of sp³-hybridized carbons (Fsp3) is 0.556. The van der Waals surface area contributed by atoms with Crippen LogP contribution in [0.2, 0.25) is 0 Å². The van der Waals surface area contributed by atoms with Crippen LogP contribution in [-0.4, -0.2) is 44.1 Å². The molecule has 1 aromatic heterocycles. The minimum atomic E-state index is -0.807. The lowest BCUT2D eigenvalue weighted by atomic mass is 10.1. The molecule has 0 aromatic carbocycles. The van der Waals surface area contributed by atoms with Gasteiger partial charge < -0.3 is 5.32 Å². The molecule has 2 heterocycles. The number of H-pyrrole nitrogens is 1. The summed E-state index contributed by atoms with van der Waals surface area (Å²) in [6, 6.07) is -0.352. The molecule has 7 nitrogen and oxygen atoms in total. The number of rotatable bonds is 3. The molecule has 1 aromatic rings. The fourth-order valence-electron chi connectivity index (χ4n) is 1.59. The zero-order valence-electron chi connectivity index (χ0n) is 9.15. The second kappa shape index (κ2) is 3.58. The zero-order chi connectivity index (χ0) is 11.8. The zero-order valence-corrected chi connectivity index (χ0v) is 9.15. The van der Waals surface area contributed by atoms with Crippen LogP contribution < -0.4 is 5.32 Å². The van der Waals surface area contributed by atoms with E-state index in [0.29, 0.717) is 18.8 Å². The molecule has 86 valence electrons. The number of nitrogens with zero attached hydrogens (tertiary/aromatic N) is 3. The van der Waals surface area contributed by atoms with E-state index in [0.717, 1.165) is 0 Å². The average molecular weight is 223 g/mol. The molecule has 0 spiro atoms. The molecular formula is C9H13N5O2. The van der Waals surface area contributed by atoms with E-state index in [2.05, 4.69) is 20.5 Å². The van der Waals surface area contributed by atoms with Gasteiger partial charge in [0.05, 0.1) is 0 Å². The highest BCUT2D eigenvalue weighted by Crippen LogP contribution is 2.16. The number of aromatic amines is 1. The first-order chi connectivity index (χ1) is 7.50. The first-order valence-electron chi connectivity index (χ1n) is 4.99. The van der Waals surface area contributed by atoms with E-state index in [-0.39, 0.29) is 11.9 Å². The summed E-state index contributed by atoms with van der Waals surface area (Å²) in [6.07, 6.45) is 1.88. The molecule has 0 radical (unpaired) electrons. The van der Waals surface area contributed by atoms with Crippen LogP contribution in [0.15, 0.2) is 6.33 Å². The molecule has 0 unspecified atom stereocenters. The van der Waals surface area contributed by atoms with Crippen molar-refractivity contribution in [1.29, 1.82) is 0 Å². The molecule has 3 amide bonds. The summed E-state index contributed by atoms with van der Waals surface area (Å²) in [5.41, 5.74) is -0.807. The summed E-state index contributed by atoms with van der Waals surface area (Å²) in [7, 11) is 0. The van der Waals surface area contributed by atoms with Gasteiger partial charge in [0.15, 0.2) is 0 Å². The minimum Gasteiger partial charge on any atom is -0.324 e. The quantitative estimate of drug-likeness (QED) is 0.687. The molecule has 0 atom stereocenters. The average Bonchev–Trinajstić information content (AvgIpc) is 2.74. The maximum atomic E-state index is 11.8. The van der Waals surface area contributed by atoms with Gasteiger partial charge >= 0.3 is 6.03 Å². The van der Waals surface area contributed by atoms with Crippen molar-refractivity contribution < 1.29 is 9.59 Å². The van der Waals surface area contributed by atoms with Gasteiger partial charge in [-0.1, -0.05) is 0 Å². The smallest absolute Gasteiger partial charge is 0.324 e. The van der Waals surface area contributed by atoms with Crippen molar-refractivity contribution >= 4 is 11.9 Å². The Morgan fingerprint density at radius 3 is 2.69 bits per heavy atom. The van der Waals surface area contributed by atoms with Crippen LogP contribution in [0.5, 0.6) is 0 Å². The fourth-order valence-corrected chi connectivity index (χ4v) is 1.59. The molecule has 0 aliphatic carbocycles. The summed E-state index contributed by atoms with van der Waals surface area (Å²) in [5, 5.41) is 8.99. The van der Waals surface area contributed by atoms with Crippen LogP contribution in [0.4, 0.5) is 4.79 Å². The molecule has 0 bridgehead atoms. The molecule has 16 heavy (non-hydrogen) atoms. The summed E-state index contributed by atoms with van der Waals surface area (Å²) < 4.78 is 0. The number of hydrogen-bond donors (Lipinski definition) is 2. The van der Waals surface area contributed by atoms with E-state index < -0.39 is 5.54 Å². The highest BCUT2D eigenvalue weighted by Gasteiger charge is 2.43. The second-order valence-corrected chi connectivity index (χ2v) is 4.19. The van der Waals surface area contributed by atoms with Crippen molar-refractivity contribution in [1.82, 2.24) is 25.4 Å². The Morgan fingerprint density at radius 1 is 1.44 bits per heavy atom. The van der Waals surface area contributed by atoms with Crippen molar-refractivity contribution in [3.63, 3.8) is 0 Å². The maximum Gasteiger partial charge on any atom is 0.325 e. The van der Waals surface area contributed by atoms with Gasteiger partial charge in [-0.15, -0.1) is 0 Å². The minimum absolute atomic E-state index is 0.211. The van der Waals surface area contributed by atoms with E-state index in [1.165, 1.54) is 11.2 Å². The number of imide groups is 1. The van der Waals surface area contributed by atoms with Crippen LogP contribution in [0.25, 0.3) is 0 Å². The van der Waals surface area contributed by atoms with E-state index in [9.17, 15) is 9.59 Å². The lowest BCUT2D eigenvalue weighted by Gasteiger charge is -2.15. The highest BCUT2D eigenvalue weighted by molar-refractivity contribution is 6.06. The number of aromatic nitrogens is 3. The van der Waals surface area contributed by atoms with E-state index in [1.54, 1.807) is 13.8 Å². The molecule has 1 saturated heterocycles. The number of amides is 3. The van der Waals surface area contributed by atoms with Crippen molar-refractivity contribution in [2.45, 2.75) is 25.8 Å². The largest absolute Gasteiger partial charge is 0.325 e. The summed E-state index contributed by atoms with van der Waals surface area (Å²) in [4.78, 5) is 28.4. The summed E-state index contributed by atoms with van der Waals surface area (Å²) in [5.74, 6) is 0.447. The van der Waals surface area contributed by atoms with Gasteiger partial charge in [-0.3, -0.25) is 14.8 Å². The molecule has 2 rings (SSSR count). The normalized spacial score (nSPS) is 19.0. The van der Waals surface area contributed by atoms with Gasteiger partial charge in [-0.2, -0.15) is 5.10 Å². The number of nitrogens with one attached hydrogen (secondary N) is 2. The summed E-state index contributed by atoms with van der Waals surface area (Å²) >= 11 is 0. The Balaban J connectivity index is 2.00. The Hall–Kier alpha value is -1.92. The van der Waals surface area contributed by atoms with Crippen LogP contribution in [0, 0.1) is 0 Å². The van der Waals surface area contributed by atoms with Crippen LogP contribution in [-0.2, 0) is 11.2 Å². The van der Waals surface area contributed by atoms with Gasteiger partial charge in [0.2, 0.25) is 0 Å². The number of carbonyl (C=O) groups excluding carboxylic acids is 2. The Labute approximate surface area is 92.2 Å². The summed E-state index contributed by atoms with van der Waals surface area (Å²) in [6.45, 7) is 3.67. The van der Waals surface area contributed by atoms with Gasteiger partial charge in [0.25, 0.3) is 5.91 Å². The Morgan fingerprint density at radius 2 is 2.19 bits per heavy atom. The topological polar surface area (TPSA) is 91.0 Å². The van der Waals surface area contributed by atoms with Crippen molar-refractivity contribution in [2.24, 2.45) is 0 Å². The lowest BCUT2D eigenvalue weighted by Crippen LogP contribution is -2.40. The molecule has 1 aliphatic rings. The number of urea groups is 1. The Bertz CT molecular complexity index is 412. The van der Waals surface area contributed by atoms with Gasteiger partial charge in [-0.05, 0) is 13.8 Å². The molecule has 7 heteroatoms. The van der Waals surface area contributed by atoms with Gasteiger partial charge in [0, 0.05) is 13.0 Å². The second-order valence-electron chi connectivity index (χ2n) is 4.19. The molecule has 2 N–H and O–H groups in total. The molecule has 1 fully saturated rings. The van der Waals surface area contributed by atoms with Crippen molar-refractivity contribution in [3.05, 3.63) is 12.2 Å². The predicted molar refractivity (Wildman–Crippen MR) is 54.4 cm³/mol. The predicted octanol–water partition coefficient (Wildman–Crippen LogP) is -0.322. The van der Waals surface area contributed by atoms with Gasteiger partial charge in [-0.25, -0.2) is 9.78 Å². The molecule has 0 saturated carbocycles. The third-order valence-electron chi connectivity index (χ3n) is 2.48. The standard InChI is InChI=1S/C9H13N5O2/c1-9(2)7(15)14(8(16)12-9)4-3-6-10-5-11-13-6/h5H,3-4H2,1-2H3,(H,12,16)(H,10,11,13). The number of carbonyl (C=O) groups is 2. The monoisotopic (exact) mass is 223 g/mol. The maximum absolute atomic E-state index is 11.8. The van der Waals surface area contributed by atoms with E-state index in [4.69, 9.17) is 0 Å².